The largest absolute Gasteiger partial charge is 0.379 e. The predicted octanol–water partition coefficient (Wildman–Crippen LogP) is 2.00. The maximum Gasteiger partial charge on any atom is 0.110 e. The van der Waals surface area contributed by atoms with Crippen molar-refractivity contribution in [3.63, 3.8) is 0 Å². The van der Waals surface area contributed by atoms with E-state index in [4.69, 9.17) is 9.47 Å². The Bertz CT molecular complexity index is 64.3. The van der Waals surface area contributed by atoms with Crippen LogP contribution in [0.4, 0.5) is 0 Å². The van der Waals surface area contributed by atoms with Gasteiger partial charge in [0.2, 0.25) is 0 Å². The second kappa shape index (κ2) is 7.03. The van der Waals surface area contributed by atoms with Crippen molar-refractivity contribution in [2.45, 2.75) is 33.3 Å². The molecule has 61 valence electrons. The number of hydrogen-bond donors (Lipinski definition) is 0. The molecule has 10 heavy (non-hydrogen) atoms. The normalized spacial score (nSPS) is 13.5. The van der Waals surface area contributed by atoms with E-state index >= 15 is 0 Å². The summed E-state index contributed by atoms with van der Waals surface area (Å²) < 4.78 is 10.3. The summed E-state index contributed by atoms with van der Waals surface area (Å²) in [5.74, 6) is 0. The molecule has 0 aromatic carbocycles. The van der Waals surface area contributed by atoms with E-state index in [1.54, 1.807) is 6.61 Å². The Morgan fingerprint density at radius 1 is 1.40 bits per heavy atom. The Labute approximate surface area is 63.5 Å². The summed E-state index contributed by atoms with van der Waals surface area (Å²) in [6, 6.07) is 0. The van der Waals surface area contributed by atoms with Crippen LogP contribution in [0.25, 0.3) is 0 Å². The third-order valence-corrected chi connectivity index (χ3v) is 1.29. The molecule has 0 heterocycles. The minimum absolute atomic E-state index is 0.320. The molecule has 0 rings (SSSR count). The van der Waals surface area contributed by atoms with Crippen LogP contribution >= 0.6 is 0 Å². The summed E-state index contributed by atoms with van der Waals surface area (Å²) in [5, 5.41) is 0. The Morgan fingerprint density at radius 3 is 2.60 bits per heavy atom. The van der Waals surface area contributed by atoms with E-state index in [2.05, 4.69) is 6.92 Å². The molecule has 0 aliphatic rings. The maximum atomic E-state index is 5.24. The van der Waals surface area contributed by atoms with Gasteiger partial charge in [-0.25, -0.2) is 0 Å². The van der Waals surface area contributed by atoms with Gasteiger partial charge in [-0.2, -0.15) is 0 Å². The van der Waals surface area contributed by atoms with Crippen LogP contribution in [0.15, 0.2) is 0 Å². The lowest BCUT2D eigenvalue weighted by atomic mass is 10.3. The highest BCUT2D eigenvalue weighted by Crippen LogP contribution is 1.97. The Kier molecular flexibility index (Phi) is 6.98. The molecule has 0 fully saturated rings. The molecular weight excluding hydrogens is 128 g/mol. The molecule has 1 atom stereocenters. The first kappa shape index (κ1) is 9.92. The van der Waals surface area contributed by atoms with Gasteiger partial charge in [-0.15, -0.1) is 0 Å². The van der Waals surface area contributed by atoms with Crippen LogP contribution in [-0.2, 0) is 9.47 Å². The van der Waals surface area contributed by atoms with Crippen LogP contribution in [0.1, 0.15) is 27.2 Å². The van der Waals surface area contributed by atoms with E-state index < -0.39 is 0 Å². The summed E-state index contributed by atoms with van der Waals surface area (Å²) >= 11 is 0. The molecule has 1 unspecified atom stereocenters. The van der Waals surface area contributed by atoms with Crippen LogP contribution in [0, 0.1) is 6.61 Å². The topological polar surface area (TPSA) is 18.5 Å². The van der Waals surface area contributed by atoms with Gasteiger partial charge < -0.3 is 9.47 Å². The van der Waals surface area contributed by atoms with E-state index in [1.165, 1.54) is 0 Å². The van der Waals surface area contributed by atoms with Crippen molar-refractivity contribution in [2.75, 3.05) is 13.2 Å². The lowest BCUT2D eigenvalue weighted by Gasteiger charge is -2.08. The second-order valence-corrected chi connectivity index (χ2v) is 2.18. The highest BCUT2D eigenvalue weighted by Gasteiger charge is 1.96. The van der Waals surface area contributed by atoms with Gasteiger partial charge in [-0.05, 0) is 20.3 Å². The molecule has 0 aromatic heterocycles. The Morgan fingerprint density at radius 2 is 2.10 bits per heavy atom. The first-order chi connectivity index (χ1) is 4.81. The zero-order chi connectivity index (χ0) is 7.82. The van der Waals surface area contributed by atoms with Crippen LogP contribution in [0.3, 0.4) is 0 Å². The molecular formula is C8H17O2. The van der Waals surface area contributed by atoms with Gasteiger partial charge in [-0.1, -0.05) is 6.92 Å². The van der Waals surface area contributed by atoms with Gasteiger partial charge in [0.25, 0.3) is 0 Å². The lowest BCUT2D eigenvalue weighted by Crippen LogP contribution is -2.07. The standard InChI is InChI=1S/C8H17O2/c1-4-8(3)10-7-6-9-5-2/h7-8H,4-6H2,1-3H3. The first-order valence-electron chi connectivity index (χ1n) is 3.86. The molecule has 1 radical (unpaired) electrons. The second-order valence-electron chi connectivity index (χ2n) is 2.18. The summed E-state index contributed by atoms with van der Waals surface area (Å²) in [6.07, 6.45) is 1.36. The van der Waals surface area contributed by atoms with Crippen molar-refractivity contribution in [2.24, 2.45) is 0 Å². The molecule has 0 saturated carbocycles. The molecule has 0 aliphatic carbocycles. The van der Waals surface area contributed by atoms with Crippen molar-refractivity contribution in [3.05, 3.63) is 6.61 Å². The molecule has 0 saturated heterocycles. The number of rotatable bonds is 6. The highest BCUT2D eigenvalue weighted by molar-refractivity contribution is 4.52. The molecule has 0 spiro atoms. The van der Waals surface area contributed by atoms with E-state index in [-0.39, 0.29) is 0 Å². The Hall–Kier alpha value is -0.0800. The average Bonchev–Trinajstić information content (AvgIpc) is 1.98. The third-order valence-electron chi connectivity index (χ3n) is 1.29. The van der Waals surface area contributed by atoms with Gasteiger partial charge in [0, 0.05) is 6.61 Å². The quantitative estimate of drug-likeness (QED) is 0.532. The fourth-order valence-corrected chi connectivity index (χ4v) is 0.466. The van der Waals surface area contributed by atoms with E-state index in [0.29, 0.717) is 12.7 Å². The van der Waals surface area contributed by atoms with Crippen LogP contribution in [0.2, 0.25) is 0 Å². The van der Waals surface area contributed by atoms with Crippen LogP contribution in [0.5, 0.6) is 0 Å². The van der Waals surface area contributed by atoms with Crippen LogP contribution in [-0.4, -0.2) is 19.3 Å². The lowest BCUT2D eigenvalue weighted by molar-refractivity contribution is 0.0606. The fraction of sp³-hybridized carbons (Fsp3) is 0.875. The number of hydrogen-bond acceptors (Lipinski definition) is 2. The molecule has 0 aromatic rings. The van der Waals surface area contributed by atoms with Crippen molar-refractivity contribution in [1.29, 1.82) is 0 Å². The van der Waals surface area contributed by atoms with Crippen molar-refractivity contribution in [3.8, 4) is 0 Å². The molecule has 2 nitrogen and oxygen atoms in total. The third kappa shape index (κ3) is 6.05. The molecule has 0 aliphatic heterocycles. The summed E-state index contributed by atoms with van der Waals surface area (Å²) in [6.45, 7) is 9.18. The predicted molar refractivity (Wildman–Crippen MR) is 41.6 cm³/mol. The zero-order valence-electron chi connectivity index (χ0n) is 7.09. The highest BCUT2D eigenvalue weighted by atomic mass is 16.5. The average molecular weight is 145 g/mol. The first-order valence-corrected chi connectivity index (χ1v) is 3.86. The van der Waals surface area contributed by atoms with Gasteiger partial charge in [0.1, 0.15) is 6.61 Å². The van der Waals surface area contributed by atoms with E-state index in [1.807, 2.05) is 13.8 Å². The summed E-state index contributed by atoms with van der Waals surface area (Å²) in [5.41, 5.74) is 0. The van der Waals surface area contributed by atoms with E-state index in [0.717, 1.165) is 13.0 Å². The van der Waals surface area contributed by atoms with Crippen molar-refractivity contribution >= 4 is 0 Å². The molecule has 2 heteroatoms. The van der Waals surface area contributed by atoms with Crippen molar-refractivity contribution in [1.82, 2.24) is 0 Å². The maximum absolute atomic E-state index is 5.24. The minimum Gasteiger partial charge on any atom is -0.379 e. The van der Waals surface area contributed by atoms with E-state index in [9.17, 15) is 0 Å². The van der Waals surface area contributed by atoms with Gasteiger partial charge in [0.15, 0.2) is 0 Å². The fourth-order valence-electron chi connectivity index (χ4n) is 0.466. The van der Waals surface area contributed by atoms with Gasteiger partial charge >= 0.3 is 0 Å². The number of ether oxygens (including phenoxy) is 2. The minimum atomic E-state index is 0.320. The van der Waals surface area contributed by atoms with Crippen molar-refractivity contribution < 1.29 is 9.47 Å². The smallest absolute Gasteiger partial charge is 0.110 e. The summed E-state index contributed by atoms with van der Waals surface area (Å²) in [4.78, 5) is 0. The van der Waals surface area contributed by atoms with Gasteiger partial charge in [0.05, 0.1) is 12.7 Å². The zero-order valence-corrected chi connectivity index (χ0v) is 7.09. The molecule has 0 bridgehead atoms. The Balaban J connectivity index is 2.89. The molecule has 0 amide bonds. The summed E-state index contributed by atoms with van der Waals surface area (Å²) in [7, 11) is 0. The van der Waals surface area contributed by atoms with Crippen LogP contribution < -0.4 is 0 Å². The monoisotopic (exact) mass is 145 g/mol. The van der Waals surface area contributed by atoms with Gasteiger partial charge in [-0.3, -0.25) is 0 Å². The SMILES string of the molecule is CCOC[CH]OC(C)CC. The molecule has 0 N–H and O–H groups in total.